The summed E-state index contributed by atoms with van der Waals surface area (Å²) >= 11 is 0. The molecular formula is C9H17N. The van der Waals surface area contributed by atoms with Crippen molar-refractivity contribution in [3.05, 3.63) is 0 Å². The molecule has 0 aromatic rings. The van der Waals surface area contributed by atoms with Gasteiger partial charge in [-0.05, 0) is 26.2 Å². The fourth-order valence-corrected chi connectivity index (χ4v) is 0.688. The molecule has 2 N–H and O–H groups in total. The minimum Gasteiger partial charge on any atom is -0.328 e. The van der Waals surface area contributed by atoms with Crippen molar-refractivity contribution in [3.8, 4) is 11.8 Å². The highest BCUT2D eigenvalue weighted by molar-refractivity contribution is 4.95. The minimum atomic E-state index is 0.304. The molecule has 0 amide bonds. The predicted octanol–water partition coefficient (Wildman–Crippen LogP) is 1.77. The van der Waals surface area contributed by atoms with E-state index in [2.05, 4.69) is 18.8 Å². The van der Waals surface area contributed by atoms with Crippen LogP contribution in [-0.4, -0.2) is 6.04 Å². The predicted molar refractivity (Wildman–Crippen MR) is 45.5 cm³/mol. The second-order valence-electron chi connectivity index (χ2n) is 2.80. The van der Waals surface area contributed by atoms with E-state index in [1.165, 1.54) is 0 Å². The maximum Gasteiger partial charge on any atom is 0.00916 e. The highest BCUT2D eigenvalue weighted by Gasteiger charge is 2.04. The van der Waals surface area contributed by atoms with Crippen LogP contribution in [0, 0.1) is 17.8 Å². The van der Waals surface area contributed by atoms with E-state index in [-0.39, 0.29) is 0 Å². The quantitative estimate of drug-likeness (QED) is 0.592. The van der Waals surface area contributed by atoms with Crippen molar-refractivity contribution in [2.24, 2.45) is 11.7 Å². The van der Waals surface area contributed by atoms with Crippen LogP contribution in [0.2, 0.25) is 0 Å². The maximum atomic E-state index is 5.67. The molecule has 10 heavy (non-hydrogen) atoms. The van der Waals surface area contributed by atoms with Gasteiger partial charge in [-0.25, -0.2) is 0 Å². The molecular weight excluding hydrogens is 122 g/mol. The van der Waals surface area contributed by atoms with Crippen molar-refractivity contribution in [3.63, 3.8) is 0 Å². The Morgan fingerprint density at radius 3 is 2.40 bits per heavy atom. The molecule has 2 unspecified atom stereocenters. The molecule has 0 radical (unpaired) electrons. The number of hydrogen-bond donors (Lipinski definition) is 1. The first-order valence-electron chi connectivity index (χ1n) is 3.83. The summed E-state index contributed by atoms with van der Waals surface area (Å²) in [4.78, 5) is 0. The lowest BCUT2D eigenvalue weighted by Crippen LogP contribution is -2.23. The standard InChI is InChI=1S/C9H17N/c1-4-5-6-7-8(2)9(3)10/h8-9H,6-7,10H2,1-3H3. The highest BCUT2D eigenvalue weighted by Crippen LogP contribution is 2.07. The van der Waals surface area contributed by atoms with Gasteiger partial charge in [0.1, 0.15) is 0 Å². The van der Waals surface area contributed by atoms with E-state index in [0.717, 1.165) is 12.8 Å². The highest BCUT2D eigenvalue weighted by atomic mass is 14.6. The first-order chi connectivity index (χ1) is 4.68. The fourth-order valence-electron chi connectivity index (χ4n) is 0.688. The van der Waals surface area contributed by atoms with Crippen molar-refractivity contribution in [2.75, 3.05) is 0 Å². The molecule has 0 fully saturated rings. The lowest BCUT2D eigenvalue weighted by molar-refractivity contribution is 0.457. The van der Waals surface area contributed by atoms with E-state index in [4.69, 9.17) is 5.73 Å². The van der Waals surface area contributed by atoms with Gasteiger partial charge in [-0.15, -0.1) is 11.8 Å². The lowest BCUT2D eigenvalue weighted by Gasteiger charge is -2.12. The molecule has 1 heteroatoms. The van der Waals surface area contributed by atoms with Crippen molar-refractivity contribution >= 4 is 0 Å². The van der Waals surface area contributed by atoms with Crippen LogP contribution in [0.25, 0.3) is 0 Å². The zero-order chi connectivity index (χ0) is 7.98. The molecule has 0 saturated heterocycles. The molecule has 0 aliphatic heterocycles. The van der Waals surface area contributed by atoms with Crippen LogP contribution in [0.5, 0.6) is 0 Å². The molecule has 58 valence electrons. The molecule has 0 aromatic heterocycles. The Balaban J connectivity index is 3.36. The zero-order valence-corrected chi connectivity index (χ0v) is 7.15. The smallest absolute Gasteiger partial charge is 0.00916 e. The second kappa shape index (κ2) is 5.32. The Morgan fingerprint density at radius 2 is 2.00 bits per heavy atom. The summed E-state index contributed by atoms with van der Waals surface area (Å²) in [6.45, 7) is 6.09. The van der Waals surface area contributed by atoms with Gasteiger partial charge in [0.15, 0.2) is 0 Å². The van der Waals surface area contributed by atoms with Gasteiger partial charge in [0.05, 0.1) is 0 Å². The van der Waals surface area contributed by atoms with Gasteiger partial charge in [0.2, 0.25) is 0 Å². The third-order valence-corrected chi connectivity index (χ3v) is 1.80. The van der Waals surface area contributed by atoms with Crippen molar-refractivity contribution < 1.29 is 0 Å². The first-order valence-corrected chi connectivity index (χ1v) is 3.83. The summed E-state index contributed by atoms with van der Waals surface area (Å²) in [6, 6.07) is 0.304. The van der Waals surface area contributed by atoms with Gasteiger partial charge in [0.25, 0.3) is 0 Å². The van der Waals surface area contributed by atoms with Gasteiger partial charge in [-0.2, -0.15) is 0 Å². The number of rotatable bonds is 3. The third kappa shape index (κ3) is 4.40. The van der Waals surface area contributed by atoms with Crippen LogP contribution in [0.4, 0.5) is 0 Å². The molecule has 0 saturated carbocycles. The van der Waals surface area contributed by atoms with Crippen LogP contribution < -0.4 is 5.73 Å². The molecule has 0 heterocycles. The average molecular weight is 139 g/mol. The zero-order valence-electron chi connectivity index (χ0n) is 7.15. The number of nitrogens with two attached hydrogens (primary N) is 1. The molecule has 1 nitrogen and oxygen atoms in total. The SMILES string of the molecule is CC#CCCC(C)C(C)N. The van der Waals surface area contributed by atoms with Gasteiger partial charge in [-0.1, -0.05) is 6.92 Å². The Bertz CT molecular complexity index is 127. The van der Waals surface area contributed by atoms with Gasteiger partial charge >= 0.3 is 0 Å². The van der Waals surface area contributed by atoms with E-state index in [1.54, 1.807) is 0 Å². The number of hydrogen-bond acceptors (Lipinski definition) is 1. The van der Waals surface area contributed by atoms with E-state index >= 15 is 0 Å². The van der Waals surface area contributed by atoms with Gasteiger partial charge < -0.3 is 5.73 Å². The molecule has 0 aromatic carbocycles. The van der Waals surface area contributed by atoms with Crippen LogP contribution in [-0.2, 0) is 0 Å². The summed E-state index contributed by atoms with van der Waals surface area (Å²) < 4.78 is 0. The van der Waals surface area contributed by atoms with E-state index in [1.807, 2.05) is 13.8 Å². The fraction of sp³-hybridized carbons (Fsp3) is 0.778. The normalized spacial score (nSPS) is 15.2. The van der Waals surface area contributed by atoms with Crippen LogP contribution in [0.3, 0.4) is 0 Å². The molecule has 2 atom stereocenters. The summed E-state index contributed by atoms with van der Waals surface area (Å²) in [7, 11) is 0. The van der Waals surface area contributed by atoms with Crippen molar-refractivity contribution in [1.82, 2.24) is 0 Å². The average Bonchev–Trinajstić information content (AvgIpc) is 1.88. The Kier molecular flexibility index (Phi) is 5.06. The van der Waals surface area contributed by atoms with Crippen LogP contribution >= 0.6 is 0 Å². The lowest BCUT2D eigenvalue weighted by atomic mass is 9.99. The van der Waals surface area contributed by atoms with Crippen molar-refractivity contribution in [2.45, 2.75) is 39.7 Å². The van der Waals surface area contributed by atoms with Crippen molar-refractivity contribution in [1.29, 1.82) is 0 Å². The van der Waals surface area contributed by atoms with E-state index in [0.29, 0.717) is 12.0 Å². The molecule has 0 rings (SSSR count). The maximum absolute atomic E-state index is 5.67. The van der Waals surface area contributed by atoms with Crippen LogP contribution in [0.1, 0.15) is 33.6 Å². The monoisotopic (exact) mass is 139 g/mol. The first kappa shape index (κ1) is 9.52. The molecule has 0 aliphatic carbocycles. The summed E-state index contributed by atoms with van der Waals surface area (Å²) in [6.07, 6.45) is 2.11. The Morgan fingerprint density at radius 1 is 1.40 bits per heavy atom. The Hall–Kier alpha value is -0.480. The summed E-state index contributed by atoms with van der Waals surface area (Å²) in [5.41, 5.74) is 5.67. The molecule has 0 aliphatic rings. The van der Waals surface area contributed by atoms with Gasteiger partial charge in [0, 0.05) is 12.5 Å². The summed E-state index contributed by atoms with van der Waals surface area (Å²) in [5.74, 6) is 6.50. The van der Waals surface area contributed by atoms with E-state index in [9.17, 15) is 0 Å². The largest absolute Gasteiger partial charge is 0.328 e. The molecule has 0 spiro atoms. The van der Waals surface area contributed by atoms with Gasteiger partial charge in [-0.3, -0.25) is 0 Å². The molecule has 0 bridgehead atoms. The second-order valence-corrected chi connectivity index (χ2v) is 2.80. The summed E-state index contributed by atoms with van der Waals surface area (Å²) in [5, 5.41) is 0. The van der Waals surface area contributed by atoms with E-state index < -0.39 is 0 Å². The topological polar surface area (TPSA) is 26.0 Å². The Labute approximate surface area is 64.0 Å². The van der Waals surface area contributed by atoms with Crippen LogP contribution in [0.15, 0.2) is 0 Å². The minimum absolute atomic E-state index is 0.304. The third-order valence-electron chi connectivity index (χ3n) is 1.80.